The maximum atomic E-state index is 11.5. The fourth-order valence-corrected chi connectivity index (χ4v) is 22.1. The molecule has 8 nitrogen and oxygen atoms in total. The number of allylic oxidation sites excluding steroid dienone is 2. The number of unbranched alkanes of at least 4 members (excludes halogenated alkanes) is 17. The molecule has 8 rings (SSSR count). The van der Waals surface area contributed by atoms with E-state index in [2.05, 4.69) is 74.5 Å². The van der Waals surface area contributed by atoms with Gasteiger partial charge in [-0.25, -0.2) is 0 Å². The van der Waals surface area contributed by atoms with Crippen LogP contribution in [-0.4, -0.2) is 66.4 Å². The molecular formula is C61H86As2O8. The van der Waals surface area contributed by atoms with Crippen LogP contribution >= 0.6 is 0 Å². The third-order valence-electron chi connectivity index (χ3n) is 13.8. The van der Waals surface area contributed by atoms with Gasteiger partial charge in [-0.05, 0) is 51.4 Å². The molecule has 10 heteroatoms. The molecular weight excluding hydrogens is 1010 g/mol. The fraction of sp³-hybridized carbons (Fsp3) is 0.557. The Kier molecular flexibility index (Phi) is 26.3. The van der Waals surface area contributed by atoms with E-state index in [0.717, 1.165) is 74.6 Å². The summed E-state index contributed by atoms with van der Waals surface area (Å²) in [7, 11) is 0. The number of benzene rings is 4. The molecule has 0 aromatic heterocycles. The zero-order valence-electron chi connectivity index (χ0n) is 43.5. The predicted molar refractivity (Wildman–Crippen MR) is 293 cm³/mol. The number of aliphatic hydroxyl groups excluding tert-OH is 1. The molecule has 4 heterocycles. The van der Waals surface area contributed by atoms with Crippen molar-refractivity contribution in [3.63, 3.8) is 0 Å². The molecule has 71 heavy (non-hydrogen) atoms. The molecule has 1 N–H and O–H groups in total. The molecule has 4 aliphatic heterocycles. The average Bonchev–Trinajstić information content (AvgIpc) is 3.39. The summed E-state index contributed by atoms with van der Waals surface area (Å²) in [5.74, 6) is 3.28. The number of hydrogen-bond acceptors (Lipinski definition) is 8. The van der Waals surface area contributed by atoms with Gasteiger partial charge in [0.2, 0.25) is 6.29 Å². The number of rotatable bonds is 25. The van der Waals surface area contributed by atoms with Gasteiger partial charge in [-0.15, -0.1) is 0 Å². The molecule has 3 atom stereocenters. The number of carbonyl (C=O) groups excluding carboxylic acids is 1. The van der Waals surface area contributed by atoms with Crippen LogP contribution in [0.4, 0.5) is 0 Å². The fourth-order valence-electron chi connectivity index (χ4n) is 9.80. The summed E-state index contributed by atoms with van der Waals surface area (Å²) in [4.78, 5) is 11.5. The average molecular weight is 1100 g/mol. The summed E-state index contributed by atoms with van der Waals surface area (Å²) in [6, 6.07) is 33.3. The molecule has 4 aromatic rings. The van der Waals surface area contributed by atoms with Gasteiger partial charge in [0.25, 0.3) is 0 Å². The first kappa shape index (κ1) is 56.9. The van der Waals surface area contributed by atoms with Crippen molar-refractivity contribution in [3.05, 3.63) is 109 Å². The van der Waals surface area contributed by atoms with E-state index in [0.29, 0.717) is 12.5 Å². The van der Waals surface area contributed by atoms with Crippen LogP contribution in [0.15, 0.2) is 109 Å². The second-order valence-corrected chi connectivity index (χ2v) is 28.2. The third kappa shape index (κ3) is 18.8. The van der Waals surface area contributed by atoms with Crippen molar-refractivity contribution in [2.24, 2.45) is 5.92 Å². The van der Waals surface area contributed by atoms with Crippen LogP contribution in [0, 0.1) is 5.92 Å². The molecule has 4 aliphatic rings. The molecule has 0 amide bonds. The Balaban J connectivity index is 0.000000184. The zero-order valence-corrected chi connectivity index (χ0v) is 47.3. The minimum atomic E-state index is -2.02. The summed E-state index contributed by atoms with van der Waals surface area (Å²) in [5, 5.41) is 8.60. The Morgan fingerprint density at radius 1 is 0.606 bits per heavy atom. The Labute approximate surface area is 438 Å². The van der Waals surface area contributed by atoms with E-state index >= 15 is 0 Å². The summed E-state index contributed by atoms with van der Waals surface area (Å²) < 4.78 is 42.1. The van der Waals surface area contributed by atoms with Crippen LogP contribution in [0.5, 0.6) is 23.0 Å². The van der Waals surface area contributed by atoms with Gasteiger partial charge in [0.05, 0.1) is 6.61 Å². The van der Waals surface area contributed by atoms with Crippen LogP contribution in [0.3, 0.4) is 0 Å². The molecule has 4 aromatic carbocycles. The number of ether oxygens (including phenoxy) is 5. The molecule has 2 fully saturated rings. The first-order chi connectivity index (χ1) is 34.9. The second-order valence-electron chi connectivity index (χ2n) is 19.5. The predicted octanol–water partition coefficient (Wildman–Crippen LogP) is 13.8. The van der Waals surface area contributed by atoms with Crippen molar-refractivity contribution >= 4 is 53.4 Å². The number of esters is 1. The normalized spacial score (nSPS) is 19.2. The van der Waals surface area contributed by atoms with E-state index < -0.39 is 42.1 Å². The van der Waals surface area contributed by atoms with Crippen LogP contribution < -0.4 is 26.9 Å². The van der Waals surface area contributed by atoms with Crippen molar-refractivity contribution in [2.45, 2.75) is 200 Å². The standard InChI is InChI=1S/C24H16As2O3.C23H42O4.C14H28O/c1-5-13-21-17(9-1)25(18-10-2-6-14-22(18)27-21)29-26-19-11-3-7-15-23(19)28-24-16-8-4-12-20(24)26;1-3-4-5-6-7-8-9-10-11-12-15-21-16-18-23(17-13-14-19-25-23)27-22(21)26-20(2)24;1-2-3-4-5-6-7-8-9-10-11-12-13-14-15/h1-16H;21-22H,3-19H2,1-2H3;3-4,15H,2,5-14H2,1H3. The van der Waals surface area contributed by atoms with Gasteiger partial charge in [-0.3, -0.25) is 4.79 Å². The van der Waals surface area contributed by atoms with Gasteiger partial charge in [0.1, 0.15) is 0 Å². The van der Waals surface area contributed by atoms with E-state index in [4.69, 9.17) is 31.5 Å². The number of para-hydroxylation sites is 4. The monoisotopic (exact) mass is 1100 g/mol. The molecule has 388 valence electrons. The van der Waals surface area contributed by atoms with Crippen molar-refractivity contribution in [1.82, 2.24) is 0 Å². The number of hydrogen-bond donors (Lipinski definition) is 1. The maximum absolute atomic E-state index is 11.5. The van der Waals surface area contributed by atoms with Crippen molar-refractivity contribution in [3.8, 4) is 23.0 Å². The molecule has 0 radical (unpaired) electrons. The first-order valence-corrected chi connectivity index (χ1v) is 33.0. The van der Waals surface area contributed by atoms with Gasteiger partial charge in [-0.2, -0.15) is 0 Å². The quantitative estimate of drug-likeness (QED) is 0.0304. The Hall–Kier alpha value is -3.35. The SMILES string of the molecule is CCC=CCCCCCCCCCCO.CCCCCCCCCCCCC1CCC2(CCCCO2)OC1OC(C)=O.c1ccc2c(c1)Oc1ccccc1[As]2O[As]1c2ccccc2Oc2ccccc21. The van der Waals surface area contributed by atoms with Gasteiger partial charge in [0, 0.05) is 32.3 Å². The van der Waals surface area contributed by atoms with E-state index in [-0.39, 0.29) is 5.97 Å². The Bertz CT molecular complexity index is 1950. The van der Waals surface area contributed by atoms with Gasteiger partial charge < -0.3 is 19.3 Å². The van der Waals surface area contributed by atoms with Crippen molar-refractivity contribution in [2.75, 3.05) is 13.2 Å². The third-order valence-corrected chi connectivity index (χ3v) is 24.8. The summed E-state index contributed by atoms with van der Waals surface area (Å²) in [5.41, 5.74) is 0. The van der Waals surface area contributed by atoms with Gasteiger partial charge in [-0.1, -0.05) is 129 Å². The number of carbonyl (C=O) groups is 1. The number of aliphatic hydroxyl groups is 1. The van der Waals surface area contributed by atoms with E-state index in [1.54, 1.807) is 0 Å². The number of fused-ring (bicyclic) bond motifs is 4. The molecule has 1 spiro atoms. The summed E-state index contributed by atoms with van der Waals surface area (Å²) in [6.07, 6.45) is 36.6. The van der Waals surface area contributed by atoms with Crippen LogP contribution in [0.25, 0.3) is 0 Å². The van der Waals surface area contributed by atoms with Crippen LogP contribution in [0.1, 0.15) is 188 Å². The minimum absolute atomic E-state index is 0.249. The van der Waals surface area contributed by atoms with E-state index in [1.165, 1.54) is 146 Å². The summed E-state index contributed by atoms with van der Waals surface area (Å²) >= 11 is -4.03. The summed E-state index contributed by atoms with van der Waals surface area (Å²) in [6.45, 7) is 7.05. The van der Waals surface area contributed by atoms with Gasteiger partial charge in [0.15, 0.2) is 5.79 Å². The van der Waals surface area contributed by atoms with Crippen molar-refractivity contribution < 1.29 is 36.3 Å². The molecule has 3 unspecified atom stereocenters. The molecule has 0 saturated carbocycles. The molecule has 2 saturated heterocycles. The van der Waals surface area contributed by atoms with E-state index in [1.807, 2.05) is 48.5 Å². The topological polar surface area (TPSA) is 92.7 Å². The van der Waals surface area contributed by atoms with Gasteiger partial charge >= 0.3 is 186 Å². The molecule has 0 aliphatic carbocycles. The first-order valence-electron chi connectivity index (χ1n) is 27.7. The van der Waals surface area contributed by atoms with Crippen molar-refractivity contribution in [1.29, 1.82) is 0 Å². The molecule has 0 bridgehead atoms. The zero-order chi connectivity index (χ0) is 49.8. The van der Waals surface area contributed by atoms with Crippen LogP contribution in [0.2, 0.25) is 0 Å². The van der Waals surface area contributed by atoms with Crippen LogP contribution in [-0.2, 0) is 21.7 Å². The Morgan fingerprint density at radius 3 is 1.52 bits per heavy atom. The Morgan fingerprint density at radius 2 is 1.07 bits per heavy atom. The second kappa shape index (κ2) is 32.8. The van der Waals surface area contributed by atoms with E-state index in [9.17, 15) is 4.79 Å².